The fourth-order valence-corrected chi connectivity index (χ4v) is 5.17. The minimum absolute atomic E-state index is 0.00575. The number of nitrogens with zero attached hydrogens (tertiary/aromatic N) is 4. The molecule has 0 atom stereocenters. The third-order valence-corrected chi connectivity index (χ3v) is 7.81. The average Bonchev–Trinajstić information content (AvgIpc) is 3.81. The molecule has 1 aliphatic rings. The molecule has 4 aromatic rings. The molecule has 4 N–H and O–H groups in total. The maximum atomic E-state index is 13.6. The topological polar surface area (TPSA) is 211 Å². The van der Waals surface area contributed by atoms with E-state index < -0.39 is 32.6 Å². The second kappa shape index (κ2) is 14.2. The molecule has 0 radical (unpaired) electrons. The fraction of sp³-hybridized carbons (Fsp3) is 0.290. The van der Waals surface area contributed by atoms with Gasteiger partial charge in [-0.2, -0.15) is 5.10 Å². The summed E-state index contributed by atoms with van der Waals surface area (Å²) >= 11 is 0. The number of nitrogens with one attached hydrogen (secondary N) is 2. The fourth-order valence-electron chi connectivity index (χ4n) is 4.78. The number of esters is 1. The Morgan fingerprint density at radius 3 is 2.42 bits per heavy atom. The number of imide groups is 1. The summed E-state index contributed by atoms with van der Waals surface area (Å²) in [5.41, 5.74) is 3.23. The Morgan fingerprint density at radius 2 is 1.75 bits per heavy atom. The SMILES string of the molecule is CCCNC(=O)c1cn2ncnc(Nc3cc(C(=O)N(C(=O)OCOC(=O)c4ccc(OP(=O)(O)O)cc4)C4CC4)ccc3C)c2c1C. The van der Waals surface area contributed by atoms with Crippen LogP contribution in [0.5, 0.6) is 5.75 Å². The van der Waals surface area contributed by atoms with Crippen LogP contribution in [0.3, 0.4) is 0 Å². The average molecular weight is 681 g/mol. The first-order valence-corrected chi connectivity index (χ1v) is 16.4. The van der Waals surface area contributed by atoms with Gasteiger partial charge in [0.15, 0.2) is 5.82 Å². The van der Waals surface area contributed by atoms with Gasteiger partial charge in [0.1, 0.15) is 17.6 Å². The first kappa shape index (κ1) is 34.0. The van der Waals surface area contributed by atoms with E-state index in [4.69, 9.17) is 19.3 Å². The number of amides is 3. The lowest BCUT2D eigenvalue weighted by Crippen LogP contribution is -2.39. The summed E-state index contributed by atoms with van der Waals surface area (Å²) in [5.74, 6) is -1.46. The molecular formula is C31H33N6O10P. The predicted molar refractivity (Wildman–Crippen MR) is 170 cm³/mol. The van der Waals surface area contributed by atoms with E-state index in [1.54, 1.807) is 35.8 Å². The Balaban J connectivity index is 1.27. The Kier molecular flexibility index (Phi) is 10.1. The van der Waals surface area contributed by atoms with Gasteiger partial charge in [-0.1, -0.05) is 13.0 Å². The number of phosphoric acid groups is 1. The van der Waals surface area contributed by atoms with Gasteiger partial charge in [0, 0.05) is 30.0 Å². The Morgan fingerprint density at radius 1 is 1.04 bits per heavy atom. The number of rotatable bonds is 12. The molecule has 5 rings (SSSR count). The lowest BCUT2D eigenvalue weighted by molar-refractivity contribution is -0.0110. The zero-order chi connectivity index (χ0) is 34.6. The maximum Gasteiger partial charge on any atom is 0.524 e. The summed E-state index contributed by atoms with van der Waals surface area (Å²) in [6.45, 7) is 5.35. The van der Waals surface area contributed by atoms with Crippen molar-refractivity contribution in [3.05, 3.63) is 82.8 Å². The van der Waals surface area contributed by atoms with Gasteiger partial charge in [-0.25, -0.2) is 28.6 Å². The summed E-state index contributed by atoms with van der Waals surface area (Å²) in [6.07, 6.45) is 3.95. The highest BCUT2D eigenvalue weighted by Gasteiger charge is 2.39. The molecule has 252 valence electrons. The van der Waals surface area contributed by atoms with Crippen LogP contribution in [0.25, 0.3) is 5.52 Å². The molecule has 1 fully saturated rings. The number of carbonyl (C=O) groups excluding carboxylic acids is 4. The lowest BCUT2D eigenvalue weighted by atomic mass is 10.1. The van der Waals surface area contributed by atoms with Crippen molar-refractivity contribution in [1.29, 1.82) is 0 Å². The van der Waals surface area contributed by atoms with E-state index in [0.717, 1.165) is 29.0 Å². The highest BCUT2D eigenvalue weighted by atomic mass is 31.2. The Labute approximate surface area is 274 Å². The number of benzene rings is 2. The molecule has 48 heavy (non-hydrogen) atoms. The summed E-state index contributed by atoms with van der Waals surface area (Å²) < 4.78 is 27.1. The maximum absolute atomic E-state index is 13.6. The van der Waals surface area contributed by atoms with Crippen molar-refractivity contribution in [3.63, 3.8) is 0 Å². The number of anilines is 2. The lowest BCUT2D eigenvalue weighted by Gasteiger charge is -2.21. The van der Waals surface area contributed by atoms with Crippen molar-refractivity contribution in [1.82, 2.24) is 24.8 Å². The van der Waals surface area contributed by atoms with Gasteiger partial charge in [0.05, 0.1) is 11.1 Å². The van der Waals surface area contributed by atoms with E-state index in [0.29, 0.717) is 47.5 Å². The smallest absolute Gasteiger partial charge is 0.424 e. The van der Waals surface area contributed by atoms with Crippen molar-refractivity contribution in [3.8, 4) is 5.75 Å². The Hall–Kier alpha value is -5.31. The van der Waals surface area contributed by atoms with Crippen LogP contribution in [0, 0.1) is 13.8 Å². The number of aromatic nitrogens is 3. The molecule has 16 nitrogen and oxygen atoms in total. The minimum Gasteiger partial charge on any atom is -0.424 e. The number of phosphoric ester groups is 1. The van der Waals surface area contributed by atoms with E-state index in [9.17, 15) is 23.7 Å². The van der Waals surface area contributed by atoms with Crippen LogP contribution in [0.1, 0.15) is 68.4 Å². The molecule has 3 amide bonds. The van der Waals surface area contributed by atoms with Gasteiger partial charge in [-0.3, -0.25) is 19.4 Å². The van der Waals surface area contributed by atoms with Crippen LogP contribution in [0.15, 0.2) is 55.0 Å². The van der Waals surface area contributed by atoms with Crippen molar-refractivity contribution in [2.75, 3.05) is 18.7 Å². The third kappa shape index (κ3) is 7.97. The number of carbonyl (C=O) groups is 4. The van der Waals surface area contributed by atoms with Crippen LogP contribution in [-0.2, 0) is 14.0 Å². The van der Waals surface area contributed by atoms with Crippen molar-refractivity contribution in [2.45, 2.75) is 46.1 Å². The van der Waals surface area contributed by atoms with Crippen molar-refractivity contribution >= 4 is 48.7 Å². The van der Waals surface area contributed by atoms with Crippen LogP contribution in [0.4, 0.5) is 16.3 Å². The molecule has 1 saturated carbocycles. The van der Waals surface area contributed by atoms with E-state index >= 15 is 0 Å². The van der Waals surface area contributed by atoms with Crippen LogP contribution >= 0.6 is 7.82 Å². The van der Waals surface area contributed by atoms with Crippen molar-refractivity contribution in [2.24, 2.45) is 0 Å². The van der Waals surface area contributed by atoms with Crippen molar-refractivity contribution < 1.29 is 47.5 Å². The van der Waals surface area contributed by atoms with Gasteiger partial charge < -0.3 is 24.6 Å². The van der Waals surface area contributed by atoms with Crippen LogP contribution < -0.4 is 15.2 Å². The quantitative estimate of drug-likeness (QED) is 0.0937. The molecule has 0 bridgehead atoms. The number of hydrogen-bond donors (Lipinski definition) is 4. The normalized spacial score (nSPS) is 12.7. The molecule has 2 heterocycles. The summed E-state index contributed by atoms with van der Waals surface area (Å²) in [4.78, 5) is 74.8. The zero-order valence-electron chi connectivity index (χ0n) is 26.2. The van der Waals surface area contributed by atoms with E-state index in [2.05, 4.69) is 25.2 Å². The van der Waals surface area contributed by atoms with Gasteiger partial charge in [-0.15, -0.1) is 0 Å². The molecule has 0 saturated heterocycles. The molecule has 0 spiro atoms. The zero-order valence-corrected chi connectivity index (χ0v) is 27.1. The molecule has 17 heteroatoms. The monoisotopic (exact) mass is 680 g/mol. The number of fused-ring (bicyclic) bond motifs is 1. The van der Waals surface area contributed by atoms with Crippen LogP contribution in [-0.4, -0.2) is 72.5 Å². The molecule has 1 aliphatic carbocycles. The highest BCUT2D eigenvalue weighted by Crippen LogP contribution is 2.37. The largest absolute Gasteiger partial charge is 0.524 e. The third-order valence-electron chi connectivity index (χ3n) is 7.36. The van der Waals surface area contributed by atoms with Crippen LogP contribution in [0.2, 0.25) is 0 Å². The number of aryl methyl sites for hydroxylation is 2. The minimum atomic E-state index is -4.76. The Bertz CT molecular complexity index is 1920. The molecule has 2 aromatic carbocycles. The number of ether oxygens (including phenoxy) is 2. The summed E-state index contributed by atoms with van der Waals surface area (Å²) in [7, 11) is -4.76. The molecule has 0 aliphatic heterocycles. The van der Waals surface area contributed by atoms with Gasteiger partial charge >= 0.3 is 19.9 Å². The second-order valence-corrected chi connectivity index (χ2v) is 12.1. The molecular weight excluding hydrogens is 647 g/mol. The molecule has 2 aromatic heterocycles. The second-order valence-electron chi connectivity index (χ2n) is 11.0. The first-order valence-electron chi connectivity index (χ1n) is 14.9. The standard InChI is InChI=1S/C31H33N6O10P/c1-4-13-32-28(38)24-15-36-26(19(24)3)27(33-16-34-36)35-25-14-21(6-5-18(25)2)29(39)37(22-9-10-22)31(41)46-17-45-30(40)20-7-11-23(12-8-20)47-48(42,43)44/h5-8,11-12,14-16,22H,4,9-10,13,17H2,1-3H3,(H,32,38)(H,33,34,35)(H2,42,43,44). The first-order chi connectivity index (χ1) is 22.9. The van der Waals surface area contributed by atoms with E-state index in [1.807, 2.05) is 13.8 Å². The predicted octanol–water partition coefficient (Wildman–Crippen LogP) is 4.26. The van der Waals surface area contributed by atoms with Gasteiger partial charge in [0.25, 0.3) is 11.8 Å². The van der Waals surface area contributed by atoms with Gasteiger partial charge in [0.2, 0.25) is 6.79 Å². The number of hydrogen-bond acceptors (Lipinski definition) is 11. The van der Waals surface area contributed by atoms with Gasteiger partial charge in [-0.05, 0) is 80.6 Å². The summed E-state index contributed by atoms with van der Waals surface area (Å²) in [6, 6.07) is 9.26. The summed E-state index contributed by atoms with van der Waals surface area (Å²) in [5, 5.41) is 10.3. The highest BCUT2D eigenvalue weighted by molar-refractivity contribution is 7.46. The van der Waals surface area contributed by atoms with E-state index in [-0.39, 0.29) is 28.8 Å². The molecule has 0 unspecified atom stereocenters. The van der Waals surface area contributed by atoms with E-state index in [1.165, 1.54) is 18.5 Å².